The lowest BCUT2D eigenvalue weighted by molar-refractivity contribution is 0.283. The van der Waals surface area contributed by atoms with Gasteiger partial charge >= 0.3 is 0 Å². The highest BCUT2D eigenvalue weighted by Gasteiger charge is 2.43. The van der Waals surface area contributed by atoms with Crippen LogP contribution in [0.3, 0.4) is 0 Å². The zero-order chi connectivity index (χ0) is 25.1. The van der Waals surface area contributed by atoms with Crippen LogP contribution in [0.1, 0.15) is 54.4 Å². The van der Waals surface area contributed by atoms with Gasteiger partial charge in [0.1, 0.15) is 0 Å². The average Bonchev–Trinajstić information content (AvgIpc) is 2.94. The van der Waals surface area contributed by atoms with E-state index in [1.54, 1.807) is 23.2 Å². The highest BCUT2D eigenvalue weighted by Crippen LogP contribution is 2.48. The number of hydrogen-bond acceptors (Lipinski definition) is 5. The molecule has 0 bridgehead atoms. The third kappa shape index (κ3) is 4.59. The topological polar surface area (TPSA) is 72.2 Å². The molecule has 2 aromatic carbocycles. The molecule has 6 rings (SSSR count). The Balaban J connectivity index is 1.47. The van der Waals surface area contributed by atoms with E-state index in [-0.39, 0.29) is 11.0 Å². The SMILES string of the molecule is O=c1c2c(nc(N/N=C/c3ccncc3)n1CCc1ccccc1)-c1ccccc1CC21CCCCC1. The molecule has 1 fully saturated rings. The van der Waals surface area contributed by atoms with Gasteiger partial charge < -0.3 is 0 Å². The highest BCUT2D eigenvalue weighted by atomic mass is 16.1. The van der Waals surface area contributed by atoms with Crippen LogP contribution in [0.4, 0.5) is 5.95 Å². The zero-order valence-corrected chi connectivity index (χ0v) is 20.9. The van der Waals surface area contributed by atoms with Crippen LogP contribution in [-0.4, -0.2) is 20.7 Å². The number of hydrogen-bond donors (Lipinski definition) is 1. The number of aryl methyl sites for hydroxylation is 1. The van der Waals surface area contributed by atoms with Gasteiger partial charge in [0.25, 0.3) is 5.56 Å². The molecule has 0 aliphatic heterocycles. The molecule has 2 aromatic heterocycles. The summed E-state index contributed by atoms with van der Waals surface area (Å²) < 4.78 is 1.81. The maximum absolute atomic E-state index is 14.4. The molecule has 0 amide bonds. The second-order valence-corrected chi connectivity index (χ2v) is 10.2. The minimum absolute atomic E-state index is 0.0685. The van der Waals surface area contributed by atoms with Gasteiger partial charge in [0.05, 0.1) is 17.5 Å². The van der Waals surface area contributed by atoms with Gasteiger partial charge in [0.15, 0.2) is 0 Å². The number of aromatic nitrogens is 3. The number of pyridine rings is 1. The van der Waals surface area contributed by atoms with Crippen molar-refractivity contribution in [1.29, 1.82) is 0 Å². The quantitative estimate of drug-likeness (QED) is 0.276. The van der Waals surface area contributed by atoms with Crippen molar-refractivity contribution in [3.63, 3.8) is 0 Å². The molecule has 6 heteroatoms. The van der Waals surface area contributed by atoms with E-state index in [2.05, 4.69) is 45.8 Å². The van der Waals surface area contributed by atoms with Gasteiger partial charge in [-0.1, -0.05) is 73.9 Å². The Bertz CT molecular complexity index is 1470. The van der Waals surface area contributed by atoms with E-state index in [0.717, 1.165) is 60.9 Å². The largest absolute Gasteiger partial charge is 0.277 e. The number of nitrogens with one attached hydrogen (secondary N) is 1. The summed E-state index contributed by atoms with van der Waals surface area (Å²) in [4.78, 5) is 23.6. The van der Waals surface area contributed by atoms with E-state index in [9.17, 15) is 4.79 Å². The van der Waals surface area contributed by atoms with E-state index >= 15 is 0 Å². The summed E-state index contributed by atoms with van der Waals surface area (Å²) in [5, 5.41) is 4.45. The summed E-state index contributed by atoms with van der Waals surface area (Å²) in [5.41, 5.74) is 9.24. The summed E-state index contributed by atoms with van der Waals surface area (Å²) in [7, 11) is 0. The maximum Gasteiger partial charge on any atom is 0.259 e. The molecule has 1 N–H and O–H groups in total. The summed E-state index contributed by atoms with van der Waals surface area (Å²) in [6.07, 6.45) is 12.5. The molecule has 4 aromatic rings. The predicted octanol–water partition coefficient (Wildman–Crippen LogP) is 5.75. The number of rotatable bonds is 6. The molecule has 2 aliphatic carbocycles. The molecule has 1 saturated carbocycles. The molecule has 2 aliphatic rings. The van der Waals surface area contributed by atoms with Crippen molar-refractivity contribution in [2.24, 2.45) is 5.10 Å². The maximum atomic E-state index is 14.4. The first-order valence-electron chi connectivity index (χ1n) is 13.2. The second kappa shape index (κ2) is 10.1. The third-order valence-electron chi connectivity index (χ3n) is 7.86. The fraction of sp³-hybridized carbons (Fsp3) is 0.290. The van der Waals surface area contributed by atoms with Crippen LogP contribution < -0.4 is 11.0 Å². The first-order valence-corrected chi connectivity index (χ1v) is 13.2. The Morgan fingerprint density at radius 3 is 2.51 bits per heavy atom. The fourth-order valence-corrected chi connectivity index (χ4v) is 6.03. The van der Waals surface area contributed by atoms with Crippen LogP contribution in [0.25, 0.3) is 11.3 Å². The monoisotopic (exact) mass is 489 g/mol. The number of nitrogens with zero attached hydrogens (tertiary/aromatic N) is 4. The lowest BCUT2D eigenvalue weighted by atomic mass is 9.62. The van der Waals surface area contributed by atoms with Gasteiger partial charge in [-0.05, 0) is 54.5 Å². The summed E-state index contributed by atoms with van der Waals surface area (Å²) in [5.74, 6) is 0.479. The van der Waals surface area contributed by atoms with Crippen molar-refractivity contribution in [1.82, 2.24) is 14.5 Å². The lowest BCUT2D eigenvalue weighted by Gasteiger charge is -2.42. The Morgan fingerprint density at radius 2 is 1.70 bits per heavy atom. The summed E-state index contributed by atoms with van der Waals surface area (Å²) >= 11 is 0. The fourth-order valence-electron chi connectivity index (χ4n) is 6.03. The number of anilines is 1. The Kier molecular flexibility index (Phi) is 6.39. The molecule has 0 radical (unpaired) electrons. The van der Waals surface area contributed by atoms with Crippen LogP contribution in [0.15, 0.2) is 89.0 Å². The highest BCUT2D eigenvalue weighted by molar-refractivity contribution is 5.79. The van der Waals surface area contributed by atoms with Gasteiger partial charge in [0, 0.05) is 29.9 Å². The van der Waals surface area contributed by atoms with E-state index in [1.165, 1.54) is 17.5 Å². The van der Waals surface area contributed by atoms with E-state index in [0.29, 0.717) is 12.5 Å². The molecule has 2 heterocycles. The van der Waals surface area contributed by atoms with Gasteiger partial charge in [-0.15, -0.1) is 0 Å². The molecule has 6 nitrogen and oxygen atoms in total. The van der Waals surface area contributed by atoms with Gasteiger partial charge in [0.2, 0.25) is 5.95 Å². The summed E-state index contributed by atoms with van der Waals surface area (Å²) in [6.45, 7) is 0.536. The third-order valence-corrected chi connectivity index (χ3v) is 7.86. The van der Waals surface area contributed by atoms with Crippen molar-refractivity contribution in [3.8, 4) is 11.3 Å². The molecule has 1 spiro atoms. The molecular weight excluding hydrogens is 458 g/mol. The molecule has 0 atom stereocenters. The number of fused-ring (bicyclic) bond motifs is 4. The Labute approximate surface area is 217 Å². The molecule has 37 heavy (non-hydrogen) atoms. The van der Waals surface area contributed by atoms with Gasteiger partial charge in [-0.25, -0.2) is 10.4 Å². The summed E-state index contributed by atoms with van der Waals surface area (Å²) in [6, 6.07) is 22.5. The lowest BCUT2D eigenvalue weighted by Crippen LogP contribution is -2.43. The van der Waals surface area contributed by atoms with E-state index < -0.39 is 0 Å². The molecular formula is C31H31N5O. The second-order valence-electron chi connectivity index (χ2n) is 10.2. The molecule has 0 unspecified atom stereocenters. The van der Waals surface area contributed by atoms with Crippen LogP contribution in [-0.2, 0) is 24.8 Å². The normalized spacial score (nSPS) is 15.9. The van der Waals surface area contributed by atoms with Crippen molar-refractivity contribution in [3.05, 3.63) is 112 Å². The van der Waals surface area contributed by atoms with Gasteiger partial charge in [-0.2, -0.15) is 5.10 Å². The van der Waals surface area contributed by atoms with Crippen molar-refractivity contribution in [2.45, 2.75) is 56.9 Å². The van der Waals surface area contributed by atoms with Crippen molar-refractivity contribution in [2.75, 3.05) is 5.43 Å². The predicted molar refractivity (Wildman–Crippen MR) is 148 cm³/mol. The van der Waals surface area contributed by atoms with Crippen LogP contribution in [0.2, 0.25) is 0 Å². The minimum atomic E-state index is -0.140. The molecule has 0 saturated heterocycles. The first kappa shape index (κ1) is 23.3. The zero-order valence-electron chi connectivity index (χ0n) is 20.9. The van der Waals surface area contributed by atoms with Crippen LogP contribution in [0, 0.1) is 0 Å². The van der Waals surface area contributed by atoms with E-state index in [4.69, 9.17) is 4.98 Å². The van der Waals surface area contributed by atoms with Crippen molar-refractivity contribution >= 4 is 12.2 Å². The number of benzene rings is 2. The van der Waals surface area contributed by atoms with Gasteiger partial charge in [-0.3, -0.25) is 14.3 Å². The standard InChI is InChI=1S/C31H31N5O/c37-29-27-28(26-12-6-5-11-25(26)21-31(27)16-7-2-8-17-31)34-30(35-33-22-24-13-18-32-19-14-24)36(29)20-15-23-9-3-1-4-10-23/h1,3-6,9-14,18-19,22H,2,7-8,15-17,20-21H2,(H,34,35)/b33-22+. The number of hydrazone groups is 1. The Hall–Kier alpha value is -4.06. The van der Waals surface area contributed by atoms with Crippen molar-refractivity contribution < 1.29 is 0 Å². The van der Waals surface area contributed by atoms with Crippen LogP contribution >= 0.6 is 0 Å². The first-order chi connectivity index (χ1) is 18.2. The average molecular weight is 490 g/mol. The minimum Gasteiger partial charge on any atom is -0.277 e. The smallest absolute Gasteiger partial charge is 0.259 e. The van der Waals surface area contributed by atoms with Crippen LogP contribution in [0.5, 0.6) is 0 Å². The Morgan fingerprint density at radius 1 is 0.946 bits per heavy atom. The molecule has 186 valence electrons. The van der Waals surface area contributed by atoms with E-state index in [1.807, 2.05) is 36.4 Å².